The van der Waals surface area contributed by atoms with Crippen molar-refractivity contribution in [2.75, 3.05) is 39.3 Å². The van der Waals surface area contributed by atoms with Crippen LogP contribution >= 0.6 is 11.3 Å². The molecule has 1 aromatic heterocycles. The third-order valence-electron chi connectivity index (χ3n) is 3.74. The molecule has 0 aromatic carbocycles. The van der Waals surface area contributed by atoms with Gasteiger partial charge in [-0.3, -0.25) is 9.69 Å². The molecule has 6 nitrogen and oxygen atoms in total. The third-order valence-corrected chi connectivity index (χ3v) is 6.45. The van der Waals surface area contributed by atoms with E-state index in [0.29, 0.717) is 26.2 Å². The van der Waals surface area contributed by atoms with E-state index in [4.69, 9.17) is 0 Å². The largest absolute Gasteiger partial charge is 0.335 e. The second-order valence-electron chi connectivity index (χ2n) is 5.60. The molecule has 2 heterocycles. The van der Waals surface area contributed by atoms with Gasteiger partial charge in [0.1, 0.15) is 0 Å². The molecule has 0 saturated carbocycles. The SMILES string of the molecule is CC(C)S(=O)(=O)NCCN1CCN(C(=O)c2cccs2)CC1. The fourth-order valence-corrected chi connectivity index (χ4v) is 3.64. The Hall–Kier alpha value is -0.960. The summed E-state index contributed by atoms with van der Waals surface area (Å²) in [7, 11) is -3.19. The monoisotopic (exact) mass is 345 g/mol. The summed E-state index contributed by atoms with van der Waals surface area (Å²) < 4.78 is 25.9. The van der Waals surface area contributed by atoms with E-state index in [2.05, 4.69) is 9.62 Å². The maximum Gasteiger partial charge on any atom is 0.264 e. The molecule has 0 radical (unpaired) electrons. The van der Waals surface area contributed by atoms with E-state index in [1.807, 2.05) is 22.4 Å². The van der Waals surface area contributed by atoms with Crippen LogP contribution in [0.15, 0.2) is 17.5 Å². The van der Waals surface area contributed by atoms with Gasteiger partial charge in [0.25, 0.3) is 5.91 Å². The van der Waals surface area contributed by atoms with Gasteiger partial charge in [0.05, 0.1) is 10.1 Å². The number of hydrogen-bond donors (Lipinski definition) is 1. The molecule has 1 amide bonds. The number of thiophene rings is 1. The zero-order chi connectivity index (χ0) is 16.2. The van der Waals surface area contributed by atoms with E-state index in [-0.39, 0.29) is 5.91 Å². The topological polar surface area (TPSA) is 69.7 Å². The second-order valence-corrected chi connectivity index (χ2v) is 8.87. The maximum atomic E-state index is 12.2. The Balaban J connectivity index is 1.73. The summed E-state index contributed by atoms with van der Waals surface area (Å²) in [6.45, 7) is 7.35. The number of hydrogen-bond acceptors (Lipinski definition) is 5. The van der Waals surface area contributed by atoms with Crippen molar-refractivity contribution >= 4 is 27.3 Å². The van der Waals surface area contributed by atoms with Gasteiger partial charge in [-0.1, -0.05) is 6.07 Å². The van der Waals surface area contributed by atoms with Crippen molar-refractivity contribution in [1.82, 2.24) is 14.5 Å². The van der Waals surface area contributed by atoms with Gasteiger partial charge < -0.3 is 4.90 Å². The predicted molar refractivity (Wildman–Crippen MR) is 88.7 cm³/mol. The molecule has 0 atom stereocenters. The van der Waals surface area contributed by atoms with Crippen LogP contribution < -0.4 is 4.72 Å². The first-order valence-corrected chi connectivity index (χ1v) is 9.86. The van der Waals surface area contributed by atoms with Gasteiger partial charge in [-0.2, -0.15) is 0 Å². The van der Waals surface area contributed by atoms with Gasteiger partial charge in [0.2, 0.25) is 10.0 Å². The molecule has 0 aliphatic carbocycles. The first kappa shape index (κ1) is 17.4. The van der Waals surface area contributed by atoms with Crippen LogP contribution in [0.25, 0.3) is 0 Å². The Kier molecular flexibility index (Phi) is 5.96. The van der Waals surface area contributed by atoms with Crippen molar-refractivity contribution in [1.29, 1.82) is 0 Å². The standard InChI is InChI=1S/C14H23N3O3S2/c1-12(2)22(19,20)15-5-6-16-7-9-17(10-8-16)14(18)13-4-3-11-21-13/h3-4,11-12,15H,5-10H2,1-2H3. The highest BCUT2D eigenvalue weighted by Gasteiger charge is 2.23. The zero-order valence-electron chi connectivity index (χ0n) is 13.0. The molecular weight excluding hydrogens is 322 g/mol. The average molecular weight is 345 g/mol. The Morgan fingerprint density at radius 2 is 2.00 bits per heavy atom. The number of carbonyl (C=O) groups is 1. The first-order chi connectivity index (χ1) is 10.4. The Bertz CT molecular complexity index is 576. The molecular formula is C14H23N3O3S2. The molecule has 0 unspecified atom stereocenters. The van der Waals surface area contributed by atoms with Crippen LogP contribution in [0.5, 0.6) is 0 Å². The van der Waals surface area contributed by atoms with E-state index >= 15 is 0 Å². The summed E-state index contributed by atoms with van der Waals surface area (Å²) in [5.74, 6) is 0.0927. The molecule has 0 bridgehead atoms. The van der Waals surface area contributed by atoms with Crippen molar-refractivity contribution < 1.29 is 13.2 Å². The average Bonchev–Trinajstić information content (AvgIpc) is 3.01. The molecule has 22 heavy (non-hydrogen) atoms. The lowest BCUT2D eigenvalue weighted by atomic mass is 10.3. The number of carbonyl (C=O) groups excluding carboxylic acids is 1. The minimum atomic E-state index is -3.19. The second kappa shape index (κ2) is 7.54. The fraction of sp³-hybridized carbons (Fsp3) is 0.643. The number of nitrogens with zero attached hydrogens (tertiary/aromatic N) is 2. The van der Waals surface area contributed by atoms with Crippen molar-refractivity contribution in [3.63, 3.8) is 0 Å². The van der Waals surface area contributed by atoms with Crippen LogP contribution in [-0.2, 0) is 10.0 Å². The van der Waals surface area contributed by atoms with Gasteiger partial charge in [0, 0.05) is 39.3 Å². The Morgan fingerprint density at radius 1 is 1.32 bits per heavy atom. The van der Waals surface area contributed by atoms with Crippen LogP contribution in [0.3, 0.4) is 0 Å². The van der Waals surface area contributed by atoms with Gasteiger partial charge in [-0.05, 0) is 25.3 Å². The molecule has 1 N–H and O–H groups in total. The number of amides is 1. The van der Waals surface area contributed by atoms with Crippen molar-refractivity contribution in [2.45, 2.75) is 19.1 Å². The maximum absolute atomic E-state index is 12.2. The fourth-order valence-electron chi connectivity index (χ4n) is 2.24. The van der Waals surface area contributed by atoms with E-state index in [9.17, 15) is 13.2 Å². The molecule has 1 aromatic rings. The van der Waals surface area contributed by atoms with Crippen LogP contribution in [0.4, 0.5) is 0 Å². The summed E-state index contributed by atoms with van der Waals surface area (Å²) in [4.78, 5) is 17.0. The van der Waals surface area contributed by atoms with Crippen molar-refractivity contribution in [2.24, 2.45) is 0 Å². The molecule has 124 valence electrons. The molecule has 1 aliphatic rings. The number of sulfonamides is 1. The lowest BCUT2D eigenvalue weighted by molar-refractivity contribution is 0.0645. The zero-order valence-corrected chi connectivity index (χ0v) is 14.6. The van der Waals surface area contributed by atoms with Gasteiger partial charge in [0.15, 0.2) is 0 Å². The first-order valence-electron chi connectivity index (χ1n) is 7.44. The van der Waals surface area contributed by atoms with Crippen LogP contribution in [-0.4, -0.2) is 68.6 Å². The molecule has 1 fully saturated rings. The highest BCUT2D eigenvalue weighted by molar-refractivity contribution is 7.90. The van der Waals surface area contributed by atoms with Crippen LogP contribution in [0.2, 0.25) is 0 Å². The highest BCUT2D eigenvalue weighted by Crippen LogP contribution is 2.13. The van der Waals surface area contributed by atoms with Crippen molar-refractivity contribution in [3.05, 3.63) is 22.4 Å². The summed E-state index contributed by atoms with van der Waals surface area (Å²) in [5, 5.41) is 1.50. The van der Waals surface area contributed by atoms with E-state index in [1.54, 1.807) is 13.8 Å². The van der Waals surface area contributed by atoms with E-state index in [1.165, 1.54) is 11.3 Å². The summed E-state index contributed by atoms with van der Waals surface area (Å²) in [6.07, 6.45) is 0. The third kappa shape index (κ3) is 4.52. The lowest BCUT2D eigenvalue weighted by Crippen LogP contribution is -2.50. The minimum Gasteiger partial charge on any atom is -0.335 e. The van der Waals surface area contributed by atoms with Gasteiger partial charge >= 0.3 is 0 Å². The number of piperazine rings is 1. The highest BCUT2D eigenvalue weighted by atomic mass is 32.2. The van der Waals surface area contributed by atoms with E-state index in [0.717, 1.165) is 18.0 Å². The van der Waals surface area contributed by atoms with E-state index < -0.39 is 15.3 Å². The normalized spacial score (nSPS) is 17.1. The molecule has 1 saturated heterocycles. The van der Waals surface area contributed by atoms with Crippen LogP contribution in [0.1, 0.15) is 23.5 Å². The molecule has 0 spiro atoms. The van der Waals surface area contributed by atoms with Gasteiger partial charge in [-0.15, -0.1) is 11.3 Å². The minimum absolute atomic E-state index is 0.0927. The Morgan fingerprint density at radius 3 is 2.55 bits per heavy atom. The Labute approximate surface area is 136 Å². The summed E-state index contributed by atoms with van der Waals surface area (Å²) in [5.41, 5.74) is 0. The van der Waals surface area contributed by atoms with Crippen molar-refractivity contribution in [3.8, 4) is 0 Å². The summed E-state index contributed by atoms with van der Waals surface area (Å²) in [6, 6.07) is 3.73. The summed E-state index contributed by atoms with van der Waals surface area (Å²) >= 11 is 1.46. The smallest absolute Gasteiger partial charge is 0.264 e. The predicted octanol–water partition coefficient (Wildman–Crippen LogP) is 0.834. The molecule has 8 heteroatoms. The van der Waals surface area contributed by atoms with Gasteiger partial charge in [-0.25, -0.2) is 13.1 Å². The van der Waals surface area contributed by atoms with Crippen LogP contribution in [0, 0.1) is 0 Å². The molecule has 2 rings (SSSR count). The number of rotatable bonds is 6. The quantitative estimate of drug-likeness (QED) is 0.829. The lowest BCUT2D eigenvalue weighted by Gasteiger charge is -2.34. The number of nitrogens with one attached hydrogen (secondary N) is 1. The molecule has 1 aliphatic heterocycles.